The summed E-state index contributed by atoms with van der Waals surface area (Å²) in [6.45, 7) is 0.175. The first-order chi connectivity index (χ1) is 13.6. The number of halogens is 1. The summed E-state index contributed by atoms with van der Waals surface area (Å²) in [7, 11) is 0. The Morgan fingerprint density at radius 1 is 1.29 bits per heavy atom. The van der Waals surface area contributed by atoms with E-state index in [4.69, 9.17) is 5.73 Å². The largest absolute Gasteiger partial charge is 0.363 e. The number of nitrogens with zero attached hydrogens (tertiary/aromatic N) is 2. The molecule has 4 heterocycles. The highest BCUT2D eigenvalue weighted by atomic mass is 19.1. The Balaban J connectivity index is 1.63. The van der Waals surface area contributed by atoms with Crippen molar-refractivity contribution in [3.05, 3.63) is 53.6 Å². The average Bonchev–Trinajstić information content (AvgIpc) is 3.30. The van der Waals surface area contributed by atoms with Crippen LogP contribution < -0.4 is 16.4 Å². The van der Waals surface area contributed by atoms with Crippen LogP contribution in [0.5, 0.6) is 0 Å². The van der Waals surface area contributed by atoms with Gasteiger partial charge in [-0.25, -0.2) is 9.37 Å². The lowest BCUT2D eigenvalue weighted by Crippen LogP contribution is -2.43. The molecule has 0 aromatic carbocycles. The highest BCUT2D eigenvalue weighted by Crippen LogP contribution is 2.34. The van der Waals surface area contributed by atoms with Crippen LogP contribution in [0.25, 0.3) is 16.8 Å². The van der Waals surface area contributed by atoms with E-state index in [1.807, 2.05) is 41.1 Å². The summed E-state index contributed by atoms with van der Waals surface area (Å²) in [6, 6.07) is 7.79. The summed E-state index contributed by atoms with van der Waals surface area (Å²) in [5.74, 6) is -0.561. The summed E-state index contributed by atoms with van der Waals surface area (Å²) >= 11 is 0. The van der Waals surface area contributed by atoms with Crippen molar-refractivity contribution in [1.29, 1.82) is 0 Å². The number of aromatic nitrogens is 2. The van der Waals surface area contributed by atoms with Crippen molar-refractivity contribution in [2.45, 2.75) is 44.3 Å². The molecule has 4 N–H and O–H groups in total. The van der Waals surface area contributed by atoms with Gasteiger partial charge in [-0.2, -0.15) is 0 Å². The standard InChI is InChI=1S/C21H22FN5O/c22-18-14-10-24-21(28)17(14)19(12-9-13-5-3-4-8-27(13)11-12)26-20(18)25-16-7-2-1-6-15(16)23/h3-5,8-9,11,15-16H,1-2,6-7,10,23H2,(H,24,28)(H,25,26). The van der Waals surface area contributed by atoms with E-state index in [9.17, 15) is 4.79 Å². The van der Waals surface area contributed by atoms with Crippen LogP contribution in [0.2, 0.25) is 0 Å². The SMILES string of the molecule is NC1CCCCC1Nc1nc(-c2cc3ccccn3c2)c2c(c1F)CNC2=O. The average molecular weight is 379 g/mol. The van der Waals surface area contributed by atoms with Gasteiger partial charge >= 0.3 is 0 Å². The number of anilines is 1. The number of rotatable bonds is 3. The molecule has 6 nitrogen and oxygen atoms in total. The number of nitrogens with two attached hydrogens (primary N) is 1. The molecule has 0 radical (unpaired) electrons. The Hall–Kier alpha value is -2.93. The van der Waals surface area contributed by atoms with Crippen LogP contribution in [0, 0.1) is 5.82 Å². The molecule has 7 heteroatoms. The van der Waals surface area contributed by atoms with Crippen molar-refractivity contribution in [1.82, 2.24) is 14.7 Å². The number of amides is 1. The molecule has 0 saturated heterocycles. The van der Waals surface area contributed by atoms with Gasteiger partial charge in [-0.15, -0.1) is 0 Å². The maximum atomic E-state index is 15.2. The van der Waals surface area contributed by atoms with Gasteiger partial charge in [-0.1, -0.05) is 18.9 Å². The third-order valence-corrected chi connectivity index (χ3v) is 5.81. The molecule has 1 aliphatic carbocycles. The van der Waals surface area contributed by atoms with Crippen LogP contribution in [0.4, 0.5) is 10.2 Å². The van der Waals surface area contributed by atoms with E-state index in [1.165, 1.54) is 0 Å². The number of nitrogens with one attached hydrogen (secondary N) is 2. The maximum Gasteiger partial charge on any atom is 0.254 e. The Morgan fingerprint density at radius 3 is 2.96 bits per heavy atom. The lowest BCUT2D eigenvalue weighted by molar-refractivity contribution is 0.0966. The third kappa shape index (κ3) is 2.74. The van der Waals surface area contributed by atoms with Gasteiger partial charge in [0.05, 0.1) is 11.3 Å². The molecule has 1 saturated carbocycles. The van der Waals surface area contributed by atoms with Crippen molar-refractivity contribution >= 4 is 17.2 Å². The van der Waals surface area contributed by atoms with Gasteiger partial charge in [0.2, 0.25) is 0 Å². The Morgan fingerprint density at radius 2 is 2.14 bits per heavy atom. The summed E-state index contributed by atoms with van der Waals surface area (Å²) in [5.41, 5.74) is 9.20. The molecule has 3 aromatic rings. The fourth-order valence-electron chi connectivity index (χ4n) is 4.28. The van der Waals surface area contributed by atoms with Crippen LogP contribution in [-0.2, 0) is 6.54 Å². The van der Waals surface area contributed by atoms with Crippen molar-refractivity contribution in [3.63, 3.8) is 0 Å². The topological polar surface area (TPSA) is 84.4 Å². The van der Waals surface area contributed by atoms with Crippen LogP contribution in [0.1, 0.15) is 41.6 Å². The van der Waals surface area contributed by atoms with Gasteiger partial charge < -0.3 is 20.8 Å². The minimum absolute atomic E-state index is 0.0141. The molecular formula is C21H22FN5O. The summed E-state index contributed by atoms with van der Waals surface area (Å²) in [6.07, 6.45) is 7.82. The second kappa shape index (κ2) is 6.60. The second-order valence-corrected chi connectivity index (χ2v) is 7.62. The smallest absolute Gasteiger partial charge is 0.254 e. The molecule has 28 heavy (non-hydrogen) atoms. The summed E-state index contributed by atoms with van der Waals surface area (Å²) in [4.78, 5) is 17.0. The van der Waals surface area contributed by atoms with Crippen molar-refractivity contribution in [3.8, 4) is 11.3 Å². The normalized spacial score (nSPS) is 21.6. The first kappa shape index (κ1) is 17.2. The molecule has 1 fully saturated rings. The highest BCUT2D eigenvalue weighted by molar-refractivity contribution is 6.04. The Kier molecular flexibility index (Phi) is 4.05. The third-order valence-electron chi connectivity index (χ3n) is 5.81. The van der Waals surface area contributed by atoms with Gasteiger partial charge in [0, 0.05) is 47.7 Å². The lowest BCUT2D eigenvalue weighted by atomic mass is 9.91. The first-order valence-electron chi connectivity index (χ1n) is 9.71. The minimum atomic E-state index is -0.460. The van der Waals surface area contributed by atoms with Gasteiger partial charge in [-0.3, -0.25) is 4.79 Å². The van der Waals surface area contributed by atoms with Crippen LogP contribution in [0.15, 0.2) is 36.7 Å². The van der Waals surface area contributed by atoms with E-state index in [0.717, 1.165) is 36.8 Å². The molecule has 1 aliphatic heterocycles. The van der Waals surface area contributed by atoms with E-state index < -0.39 is 5.82 Å². The molecular weight excluding hydrogens is 357 g/mol. The minimum Gasteiger partial charge on any atom is -0.363 e. The predicted octanol–water partition coefficient (Wildman–Crippen LogP) is 3.07. The highest BCUT2D eigenvalue weighted by Gasteiger charge is 2.32. The van der Waals surface area contributed by atoms with Crippen molar-refractivity contribution in [2.75, 3.05) is 5.32 Å². The van der Waals surface area contributed by atoms with E-state index >= 15 is 4.39 Å². The number of carbonyl (C=O) groups is 1. The zero-order chi connectivity index (χ0) is 19.3. The van der Waals surface area contributed by atoms with Crippen molar-refractivity contribution < 1.29 is 9.18 Å². The molecule has 0 bridgehead atoms. The van der Waals surface area contributed by atoms with Crippen LogP contribution in [0.3, 0.4) is 0 Å². The van der Waals surface area contributed by atoms with E-state index in [2.05, 4.69) is 15.6 Å². The van der Waals surface area contributed by atoms with E-state index in [-0.39, 0.29) is 30.4 Å². The number of hydrogen-bond acceptors (Lipinski definition) is 4. The quantitative estimate of drug-likeness (QED) is 0.653. The van der Waals surface area contributed by atoms with Crippen LogP contribution >= 0.6 is 0 Å². The summed E-state index contributed by atoms with van der Waals surface area (Å²) < 4.78 is 17.1. The second-order valence-electron chi connectivity index (χ2n) is 7.62. The number of carbonyl (C=O) groups excluding carboxylic acids is 1. The number of hydrogen-bond donors (Lipinski definition) is 3. The number of pyridine rings is 2. The number of fused-ring (bicyclic) bond motifs is 2. The van der Waals surface area contributed by atoms with Crippen molar-refractivity contribution in [2.24, 2.45) is 5.73 Å². The van der Waals surface area contributed by atoms with E-state index in [0.29, 0.717) is 16.8 Å². The van der Waals surface area contributed by atoms with Gasteiger partial charge in [0.15, 0.2) is 11.6 Å². The Bertz CT molecular complexity index is 1040. The molecule has 1 amide bonds. The predicted molar refractivity (Wildman–Crippen MR) is 106 cm³/mol. The lowest BCUT2D eigenvalue weighted by Gasteiger charge is -2.30. The zero-order valence-corrected chi connectivity index (χ0v) is 15.4. The molecule has 3 aromatic heterocycles. The molecule has 144 valence electrons. The van der Waals surface area contributed by atoms with Gasteiger partial charge in [0.1, 0.15) is 0 Å². The summed E-state index contributed by atoms with van der Waals surface area (Å²) in [5, 5.41) is 5.96. The fraction of sp³-hybridized carbons (Fsp3) is 0.333. The monoisotopic (exact) mass is 379 g/mol. The van der Waals surface area contributed by atoms with Gasteiger partial charge in [0.25, 0.3) is 5.91 Å². The van der Waals surface area contributed by atoms with Gasteiger partial charge in [-0.05, 0) is 31.0 Å². The fourth-order valence-corrected chi connectivity index (χ4v) is 4.28. The Labute approximate surface area is 162 Å². The van der Waals surface area contributed by atoms with Crippen LogP contribution in [-0.4, -0.2) is 27.4 Å². The molecule has 2 unspecified atom stereocenters. The molecule has 2 atom stereocenters. The maximum absolute atomic E-state index is 15.2. The first-order valence-corrected chi connectivity index (χ1v) is 9.71. The zero-order valence-electron chi connectivity index (χ0n) is 15.4. The molecule has 0 spiro atoms. The van der Waals surface area contributed by atoms with E-state index in [1.54, 1.807) is 0 Å². The molecule has 5 rings (SSSR count). The molecule has 2 aliphatic rings.